The number of fused-ring (bicyclic) bond motifs is 1. The molecule has 2 aromatic carbocycles. The van der Waals surface area contributed by atoms with Crippen LogP contribution in [0.5, 0.6) is 0 Å². The lowest BCUT2D eigenvalue weighted by Crippen LogP contribution is -2.28. The first-order valence-electron chi connectivity index (χ1n) is 10.1. The van der Waals surface area contributed by atoms with E-state index < -0.39 is 0 Å². The fraction of sp³-hybridized carbons (Fsp3) is 0.348. The molecule has 0 saturated carbocycles. The van der Waals surface area contributed by atoms with Crippen molar-refractivity contribution in [3.8, 4) is 11.4 Å². The summed E-state index contributed by atoms with van der Waals surface area (Å²) >= 11 is 1.34. The van der Waals surface area contributed by atoms with Crippen LogP contribution >= 0.6 is 11.8 Å². The number of nitrogens with zero attached hydrogens (tertiary/aromatic N) is 2. The maximum absolute atomic E-state index is 12.4. The fourth-order valence-electron chi connectivity index (χ4n) is 3.67. The topological polar surface area (TPSA) is 70.7 Å². The van der Waals surface area contributed by atoms with E-state index in [2.05, 4.69) is 45.6 Å². The molecule has 0 spiro atoms. The van der Waals surface area contributed by atoms with Gasteiger partial charge in [-0.05, 0) is 56.2 Å². The summed E-state index contributed by atoms with van der Waals surface area (Å²) < 4.78 is 0. The summed E-state index contributed by atoms with van der Waals surface area (Å²) in [7, 11) is 0. The second kappa shape index (κ2) is 8.82. The summed E-state index contributed by atoms with van der Waals surface area (Å²) in [5.41, 5.74) is 6.26. The summed E-state index contributed by atoms with van der Waals surface area (Å²) in [6.45, 7) is 4.09. The van der Waals surface area contributed by atoms with Crippen molar-refractivity contribution in [3.63, 3.8) is 0 Å². The standard InChI is InChI=1S/C23H26N4OS/c1-15-7-9-18(10-8-15)22-25-23(27-26-22)29-14-21(28)24-16(2)19-12-11-17-5-3-4-6-20(17)13-19/h7-13,16H,3-6,14H2,1-2H3,(H,24,28)(H,25,26,27)/t16-/m0/s1. The van der Waals surface area contributed by atoms with Crippen molar-refractivity contribution in [2.75, 3.05) is 5.75 Å². The summed E-state index contributed by atoms with van der Waals surface area (Å²) in [6.07, 6.45) is 4.86. The molecule has 0 saturated heterocycles. The zero-order valence-electron chi connectivity index (χ0n) is 16.9. The molecule has 0 aliphatic heterocycles. The molecule has 2 N–H and O–H groups in total. The van der Waals surface area contributed by atoms with Crippen molar-refractivity contribution < 1.29 is 4.79 Å². The van der Waals surface area contributed by atoms with Crippen molar-refractivity contribution in [1.29, 1.82) is 0 Å². The van der Waals surface area contributed by atoms with Crippen LogP contribution in [0, 0.1) is 6.92 Å². The van der Waals surface area contributed by atoms with Crippen LogP contribution in [0.2, 0.25) is 0 Å². The minimum Gasteiger partial charge on any atom is -0.349 e. The molecule has 1 amide bonds. The van der Waals surface area contributed by atoms with E-state index in [-0.39, 0.29) is 11.9 Å². The van der Waals surface area contributed by atoms with Crippen LogP contribution in [0.3, 0.4) is 0 Å². The SMILES string of the molecule is Cc1ccc(-c2nc(SCC(=O)N[C@@H](C)c3ccc4c(c3)CCCC4)n[nH]2)cc1. The molecule has 0 unspecified atom stereocenters. The molecule has 1 heterocycles. The molecule has 5 nitrogen and oxygen atoms in total. The van der Waals surface area contributed by atoms with Crippen molar-refractivity contribution in [3.05, 3.63) is 64.7 Å². The van der Waals surface area contributed by atoms with Crippen molar-refractivity contribution in [2.24, 2.45) is 0 Å². The van der Waals surface area contributed by atoms with Gasteiger partial charge < -0.3 is 5.32 Å². The van der Waals surface area contributed by atoms with Crippen LogP contribution in [-0.2, 0) is 17.6 Å². The number of hydrogen-bond acceptors (Lipinski definition) is 4. The highest BCUT2D eigenvalue weighted by Gasteiger charge is 2.15. The lowest BCUT2D eigenvalue weighted by atomic mass is 9.89. The normalized spacial score (nSPS) is 14.3. The number of hydrogen-bond donors (Lipinski definition) is 2. The van der Waals surface area contributed by atoms with Crippen LogP contribution in [0.15, 0.2) is 47.6 Å². The zero-order chi connectivity index (χ0) is 20.2. The smallest absolute Gasteiger partial charge is 0.230 e. The minimum atomic E-state index is -0.0121. The summed E-state index contributed by atoms with van der Waals surface area (Å²) in [5, 5.41) is 10.8. The van der Waals surface area contributed by atoms with Gasteiger partial charge in [0.2, 0.25) is 11.1 Å². The third-order valence-corrected chi connectivity index (χ3v) is 6.22. The second-order valence-electron chi connectivity index (χ2n) is 7.65. The fourth-order valence-corrected chi connectivity index (χ4v) is 4.28. The number of H-pyrrole nitrogens is 1. The monoisotopic (exact) mass is 406 g/mol. The molecule has 150 valence electrons. The first-order chi connectivity index (χ1) is 14.1. The van der Waals surface area contributed by atoms with Gasteiger partial charge in [0.1, 0.15) is 0 Å². The molecule has 1 aromatic heterocycles. The summed E-state index contributed by atoms with van der Waals surface area (Å²) in [6, 6.07) is 14.7. The predicted octanol–water partition coefficient (Wildman–Crippen LogP) is 4.63. The van der Waals surface area contributed by atoms with Gasteiger partial charge in [0.05, 0.1) is 11.8 Å². The van der Waals surface area contributed by atoms with Gasteiger partial charge in [-0.25, -0.2) is 4.98 Å². The van der Waals surface area contributed by atoms with E-state index in [4.69, 9.17) is 0 Å². The average molecular weight is 407 g/mol. The molecule has 3 aromatic rings. The number of carbonyl (C=O) groups is 1. The van der Waals surface area contributed by atoms with Crippen LogP contribution in [0.1, 0.15) is 48.1 Å². The summed E-state index contributed by atoms with van der Waals surface area (Å²) in [5.74, 6) is 0.998. The van der Waals surface area contributed by atoms with E-state index in [9.17, 15) is 4.79 Å². The molecule has 4 rings (SSSR count). The number of carbonyl (C=O) groups excluding carboxylic acids is 1. The Morgan fingerprint density at radius 2 is 1.90 bits per heavy atom. The van der Waals surface area contributed by atoms with Gasteiger partial charge in [-0.2, -0.15) is 0 Å². The van der Waals surface area contributed by atoms with E-state index in [1.54, 1.807) is 0 Å². The Morgan fingerprint density at radius 1 is 1.14 bits per heavy atom. The van der Waals surface area contributed by atoms with E-state index in [1.807, 2.05) is 31.2 Å². The molecule has 1 aliphatic carbocycles. The Hall–Kier alpha value is -2.60. The number of benzene rings is 2. The largest absolute Gasteiger partial charge is 0.349 e. The Morgan fingerprint density at radius 3 is 2.69 bits per heavy atom. The number of aromatic nitrogens is 3. The maximum Gasteiger partial charge on any atom is 0.230 e. The number of thioether (sulfide) groups is 1. The van der Waals surface area contributed by atoms with Gasteiger partial charge in [-0.1, -0.05) is 59.8 Å². The van der Waals surface area contributed by atoms with Crippen molar-refractivity contribution in [2.45, 2.75) is 50.7 Å². The molecule has 6 heteroatoms. The molecule has 29 heavy (non-hydrogen) atoms. The minimum absolute atomic E-state index is 0.00871. The van der Waals surface area contributed by atoms with Crippen LogP contribution < -0.4 is 5.32 Å². The van der Waals surface area contributed by atoms with E-state index in [0.29, 0.717) is 10.9 Å². The number of nitrogens with one attached hydrogen (secondary N) is 2. The highest BCUT2D eigenvalue weighted by molar-refractivity contribution is 7.99. The highest BCUT2D eigenvalue weighted by atomic mass is 32.2. The maximum atomic E-state index is 12.4. The highest BCUT2D eigenvalue weighted by Crippen LogP contribution is 2.25. The number of rotatable bonds is 6. The van der Waals surface area contributed by atoms with Gasteiger partial charge >= 0.3 is 0 Å². The van der Waals surface area contributed by atoms with Gasteiger partial charge in [-0.15, -0.1) is 5.10 Å². The average Bonchev–Trinajstić information content (AvgIpc) is 3.21. The number of amides is 1. The van der Waals surface area contributed by atoms with Gasteiger partial charge in [0.15, 0.2) is 5.82 Å². The molecular formula is C23H26N4OS. The van der Waals surface area contributed by atoms with E-state index in [1.165, 1.54) is 53.3 Å². The Bertz CT molecular complexity index is 996. The Kier molecular flexibility index (Phi) is 6.00. The zero-order valence-corrected chi connectivity index (χ0v) is 17.7. The molecule has 1 aliphatic rings. The van der Waals surface area contributed by atoms with Crippen molar-refractivity contribution >= 4 is 17.7 Å². The van der Waals surface area contributed by atoms with E-state index >= 15 is 0 Å². The molecule has 0 fully saturated rings. The van der Waals surface area contributed by atoms with Crippen LogP contribution in [0.4, 0.5) is 0 Å². The van der Waals surface area contributed by atoms with Crippen molar-refractivity contribution in [1.82, 2.24) is 20.5 Å². The second-order valence-corrected chi connectivity index (χ2v) is 8.59. The van der Waals surface area contributed by atoms with Gasteiger partial charge in [0, 0.05) is 5.56 Å². The molecule has 0 radical (unpaired) electrons. The quantitative estimate of drug-likeness (QED) is 0.586. The van der Waals surface area contributed by atoms with Gasteiger partial charge in [-0.3, -0.25) is 9.89 Å². The number of aromatic amines is 1. The molecular weight excluding hydrogens is 380 g/mol. The van der Waals surface area contributed by atoms with Crippen LogP contribution in [0.25, 0.3) is 11.4 Å². The van der Waals surface area contributed by atoms with Crippen LogP contribution in [-0.4, -0.2) is 26.8 Å². The third-order valence-electron chi connectivity index (χ3n) is 5.37. The summed E-state index contributed by atoms with van der Waals surface area (Å²) in [4.78, 5) is 16.9. The third kappa shape index (κ3) is 4.88. The number of aryl methyl sites for hydroxylation is 3. The molecule has 1 atom stereocenters. The predicted molar refractivity (Wildman–Crippen MR) is 117 cm³/mol. The first kappa shape index (κ1) is 19.7. The molecule has 0 bridgehead atoms. The Balaban J connectivity index is 1.31. The van der Waals surface area contributed by atoms with E-state index in [0.717, 1.165) is 17.8 Å². The lowest BCUT2D eigenvalue weighted by molar-refractivity contribution is -0.119. The first-order valence-corrected chi connectivity index (χ1v) is 11.1. The lowest BCUT2D eigenvalue weighted by Gasteiger charge is -2.20. The Labute approximate surface area is 175 Å². The van der Waals surface area contributed by atoms with Gasteiger partial charge in [0.25, 0.3) is 0 Å².